The summed E-state index contributed by atoms with van der Waals surface area (Å²) < 4.78 is 35.2. The summed E-state index contributed by atoms with van der Waals surface area (Å²) in [6, 6.07) is 12.0. The number of anilines is 1. The minimum Gasteiger partial charge on any atom is -0.496 e. The number of rotatable bonds is 6. The van der Waals surface area contributed by atoms with E-state index in [1.54, 1.807) is 25.3 Å². The second kappa shape index (κ2) is 7.57. The Morgan fingerprint density at radius 1 is 1.16 bits per heavy atom. The summed E-state index contributed by atoms with van der Waals surface area (Å²) in [7, 11) is -0.548. The van der Waals surface area contributed by atoms with Crippen molar-refractivity contribution >= 4 is 21.7 Å². The first-order valence-electron chi connectivity index (χ1n) is 7.57. The fourth-order valence-corrected chi connectivity index (χ4v) is 2.86. The monoisotopic (exact) mass is 363 g/mol. The lowest BCUT2D eigenvalue weighted by Crippen LogP contribution is -2.26. The first kappa shape index (κ1) is 18.8. The van der Waals surface area contributed by atoms with E-state index >= 15 is 0 Å². The molecule has 2 aromatic carbocycles. The van der Waals surface area contributed by atoms with Crippen molar-refractivity contribution < 1.29 is 22.7 Å². The lowest BCUT2D eigenvalue weighted by Gasteiger charge is -2.19. The SMILES string of the molecule is COc1ccc(C)cc1COC(=O)c1ccccc1N(C)S(C)(=O)=O. The first-order chi connectivity index (χ1) is 11.7. The maximum Gasteiger partial charge on any atom is 0.340 e. The number of sulfonamides is 1. The van der Waals surface area contributed by atoms with Crippen LogP contribution in [-0.4, -0.2) is 34.8 Å². The Morgan fingerprint density at radius 3 is 2.48 bits per heavy atom. The molecule has 0 saturated heterocycles. The minimum absolute atomic E-state index is 0.0284. The summed E-state index contributed by atoms with van der Waals surface area (Å²) in [4.78, 5) is 12.5. The molecular weight excluding hydrogens is 342 g/mol. The zero-order valence-electron chi connectivity index (χ0n) is 14.6. The lowest BCUT2D eigenvalue weighted by atomic mass is 10.1. The fourth-order valence-electron chi connectivity index (χ4n) is 2.34. The van der Waals surface area contributed by atoms with Gasteiger partial charge in [0.2, 0.25) is 10.0 Å². The van der Waals surface area contributed by atoms with Crippen LogP contribution in [0.5, 0.6) is 5.75 Å². The van der Waals surface area contributed by atoms with Gasteiger partial charge in [0, 0.05) is 12.6 Å². The Morgan fingerprint density at radius 2 is 1.84 bits per heavy atom. The summed E-state index contributed by atoms with van der Waals surface area (Å²) in [5.74, 6) is 0.0228. The van der Waals surface area contributed by atoms with Gasteiger partial charge in [-0.3, -0.25) is 4.31 Å². The zero-order chi connectivity index (χ0) is 18.6. The average molecular weight is 363 g/mol. The molecule has 0 heterocycles. The minimum atomic E-state index is -3.49. The quantitative estimate of drug-likeness (QED) is 0.738. The molecule has 7 heteroatoms. The van der Waals surface area contributed by atoms with Gasteiger partial charge in [-0.1, -0.05) is 23.8 Å². The van der Waals surface area contributed by atoms with E-state index in [1.165, 1.54) is 13.1 Å². The molecule has 0 aromatic heterocycles. The molecular formula is C18H21NO5S. The van der Waals surface area contributed by atoms with Gasteiger partial charge in [-0.25, -0.2) is 13.2 Å². The van der Waals surface area contributed by atoms with Gasteiger partial charge in [0.1, 0.15) is 12.4 Å². The van der Waals surface area contributed by atoms with Crippen molar-refractivity contribution in [3.05, 3.63) is 59.2 Å². The molecule has 0 radical (unpaired) electrons. The molecule has 25 heavy (non-hydrogen) atoms. The number of esters is 1. The largest absolute Gasteiger partial charge is 0.496 e. The van der Waals surface area contributed by atoms with Crippen LogP contribution in [0, 0.1) is 6.92 Å². The number of methoxy groups -OCH3 is 1. The lowest BCUT2D eigenvalue weighted by molar-refractivity contribution is 0.0471. The molecule has 2 rings (SSSR count). The Balaban J connectivity index is 2.24. The molecule has 0 aliphatic rings. The van der Waals surface area contributed by atoms with Gasteiger partial charge >= 0.3 is 5.97 Å². The van der Waals surface area contributed by atoms with Gasteiger partial charge < -0.3 is 9.47 Å². The van der Waals surface area contributed by atoms with E-state index < -0.39 is 16.0 Å². The number of aryl methyl sites for hydroxylation is 1. The standard InChI is InChI=1S/C18H21NO5S/c1-13-9-10-17(23-3)14(11-13)12-24-18(20)15-7-5-6-8-16(15)19(2)25(4,21)22/h5-11H,12H2,1-4H3. The molecule has 6 nitrogen and oxygen atoms in total. The number of benzene rings is 2. The highest BCUT2D eigenvalue weighted by Gasteiger charge is 2.20. The van der Waals surface area contributed by atoms with Crippen molar-refractivity contribution in [2.45, 2.75) is 13.5 Å². The third-order valence-electron chi connectivity index (χ3n) is 3.76. The van der Waals surface area contributed by atoms with Crippen LogP contribution in [0.2, 0.25) is 0 Å². The highest BCUT2D eigenvalue weighted by molar-refractivity contribution is 7.92. The molecule has 0 saturated carbocycles. The van der Waals surface area contributed by atoms with Crippen molar-refractivity contribution in [2.75, 3.05) is 24.7 Å². The van der Waals surface area contributed by atoms with E-state index in [-0.39, 0.29) is 17.9 Å². The normalized spacial score (nSPS) is 11.0. The zero-order valence-corrected chi connectivity index (χ0v) is 15.5. The molecule has 2 aromatic rings. The van der Waals surface area contributed by atoms with Crippen molar-refractivity contribution in [3.8, 4) is 5.75 Å². The summed E-state index contributed by atoms with van der Waals surface area (Å²) in [5.41, 5.74) is 2.21. The van der Waals surface area contributed by atoms with E-state index in [9.17, 15) is 13.2 Å². The number of nitrogens with zero attached hydrogens (tertiary/aromatic N) is 1. The second-order valence-electron chi connectivity index (χ2n) is 5.64. The number of carbonyl (C=O) groups excluding carboxylic acids is 1. The molecule has 0 atom stereocenters. The smallest absolute Gasteiger partial charge is 0.340 e. The van der Waals surface area contributed by atoms with Gasteiger partial charge in [-0.15, -0.1) is 0 Å². The van der Waals surface area contributed by atoms with Gasteiger partial charge in [0.05, 0.1) is 24.6 Å². The third-order valence-corrected chi connectivity index (χ3v) is 4.95. The number of hydrogen-bond acceptors (Lipinski definition) is 5. The number of para-hydroxylation sites is 1. The van der Waals surface area contributed by atoms with Crippen molar-refractivity contribution in [1.29, 1.82) is 0 Å². The van der Waals surface area contributed by atoms with Gasteiger partial charge in [-0.2, -0.15) is 0 Å². The van der Waals surface area contributed by atoms with Crippen LogP contribution in [0.25, 0.3) is 0 Å². The Bertz CT molecular complexity index is 877. The summed E-state index contributed by atoms with van der Waals surface area (Å²) in [6.45, 7) is 1.96. The predicted octanol–water partition coefficient (Wildman–Crippen LogP) is 2.76. The maximum atomic E-state index is 12.5. The molecule has 0 amide bonds. The highest BCUT2D eigenvalue weighted by Crippen LogP contribution is 2.24. The molecule has 134 valence electrons. The van der Waals surface area contributed by atoms with Crippen molar-refractivity contribution in [2.24, 2.45) is 0 Å². The Labute approximate surface area is 148 Å². The summed E-state index contributed by atoms with van der Waals surface area (Å²) in [6.07, 6.45) is 1.08. The van der Waals surface area contributed by atoms with Crippen LogP contribution < -0.4 is 9.04 Å². The van der Waals surface area contributed by atoms with Crippen LogP contribution >= 0.6 is 0 Å². The topological polar surface area (TPSA) is 72.9 Å². The van der Waals surface area contributed by atoms with E-state index in [0.717, 1.165) is 21.7 Å². The number of ether oxygens (including phenoxy) is 2. The Hall–Kier alpha value is -2.54. The second-order valence-corrected chi connectivity index (χ2v) is 7.65. The maximum absolute atomic E-state index is 12.5. The fraction of sp³-hybridized carbons (Fsp3) is 0.278. The van der Waals surface area contributed by atoms with Gasteiger partial charge in [0.25, 0.3) is 0 Å². The van der Waals surface area contributed by atoms with Crippen LogP contribution in [0.15, 0.2) is 42.5 Å². The molecule has 0 bridgehead atoms. The van der Waals surface area contributed by atoms with Crippen LogP contribution in [0.3, 0.4) is 0 Å². The van der Waals surface area contributed by atoms with E-state index in [0.29, 0.717) is 5.75 Å². The van der Waals surface area contributed by atoms with E-state index in [1.807, 2.05) is 25.1 Å². The molecule has 0 unspecified atom stereocenters. The number of hydrogen-bond donors (Lipinski definition) is 0. The van der Waals surface area contributed by atoms with Crippen LogP contribution in [-0.2, 0) is 21.4 Å². The summed E-state index contributed by atoms with van der Waals surface area (Å²) in [5, 5.41) is 0. The van der Waals surface area contributed by atoms with E-state index in [4.69, 9.17) is 9.47 Å². The average Bonchev–Trinajstić information content (AvgIpc) is 2.58. The third kappa shape index (κ3) is 4.51. The predicted molar refractivity (Wildman–Crippen MR) is 96.5 cm³/mol. The van der Waals surface area contributed by atoms with Crippen LogP contribution in [0.1, 0.15) is 21.5 Å². The molecule has 0 aliphatic heterocycles. The van der Waals surface area contributed by atoms with Crippen LogP contribution in [0.4, 0.5) is 5.69 Å². The van der Waals surface area contributed by atoms with Gasteiger partial charge in [-0.05, 0) is 31.2 Å². The van der Waals surface area contributed by atoms with Crippen molar-refractivity contribution in [3.63, 3.8) is 0 Å². The van der Waals surface area contributed by atoms with Gasteiger partial charge in [0.15, 0.2) is 0 Å². The highest BCUT2D eigenvalue weighted by atomic mass is 32.2. The number of carbonyl (C=O) groups is 1. The molecule has 0 N–H and O–H groups in total. The first-order valence-corrected chi connectivity index (χ1v) is 9.42. The molecule has 0 aliphatic carbocycles. The molecule has 0 spiro atoms. The Kier molecular flexibility index (Phi) is 5.69. The van der Waals surface area contributed by atoms with Crippen molar-refractivity contribution in [1.82, 2.24) is 0 Å². The summed E-state index contributed by atoms with van der Waals surface area (Å²) >= 11 is 0. The van der Waals surface area contributed by atoms with E-state index in [2.05, 4.69) is 0 Å². The molecule has 0 fully saturated rings.